The number of rotatable bonds is 9. The van der Waals surface area contributed by atoms with Crippen molar-refractivity contribution < 1.29 is 9.72 Å². The summed E-state index contributed by atoms with van der Waals surface area (Å²) in [5, 5.41) is 11.7. The van der Waals surface area contributed by atoms with E-state index in [1.165, 1.54) is 29.5 Å². The third-order valence-corrected chi connectivity index (χ3v) is 6.57. The van der Waals surface area contributed by atoms with Crippen molar-refractivity contribution in [3.05, 3.63) is 69.3 Å². The lowest BCUT2D eigenvalue weighted by molar-refractivity contribution is -0.384. The van der Waals surface area contributed by atoms with Gasteiger partial charge in [-0.2, -0.15) is 0 Å². The van der Waals surface area contributed by atoms with Crippen LogP contribution < -0.4 is 4.90 Å². The summed E-state index contributed by atoms with van der Waals surface area (Å²) in [5.74, 6) is -0.197. The highest BCUT2D eigenvalue weighted by Crippen LogP contribution is 2.32. The zero-order valence-corrected chi connectivity index (χ0v) is 19.7. The first-order valence-corrected chi connectivity index (χ1v) is 11.5. The van der Waals surface area contributed by atoms with Crippen molar-refractivity contribution in [1.29, 1.82) is 0 Å². The molecule has 3 rings (SSSR count). The van der Waals surface area contributed by atoms with E-state index in [4.69, 9.17) is 4.98 Å². The fraction of sp³-hybridized carbons (Fsp3) is 0.333. The van der Waals surface area contributed by atoms with E-state index >= 15 is 0 Å². The topological polar surface area (TPSA) is 79.6 Å². The summed E-state index contributed by atoms with van der Waals surface area (Å²) >= 11 is 1.52. The van der Waals surface area contributed by atoms with E-state index in [1.54, 1.807) is 23.1 Å². The number of hydrogen-bond donors (Lipinski definition) is 0. The van der Waals surface area contributed by atoms with Crippen molar-refractivity contribution in [3.63, 3.8) is 0 Å². The summed E-state index contributed by atoms with van der Waals surface area (Å²) in [6.45, 7) is 11.3. The Morgan fingerprint density at radius 1 is 1.16 bits per heavy atom. The van der Waals surface area contributed by atoms with Crippen LogP contribution in [0.3, 0.4) is 0 Å². The number of nitrogens with zero attached hydrogens (tertiary/aromatic N) is 4. The Labute approximate surface area is 192 Å². The summed E-state index contributed by atoms with van der Waals surface area (Å²) in [6.07, 6.45) is 3.08. The van der Waals surface area contributed by atoms with E-state index in [1.807, 2.05) is 13.0 Å². The molecule has 1 heterocycles. The number of carbonyl (C=O) groups is 1. The van der Waals surface area contributed by atoms with Gasteiger partial charge in [0.25, 0.3) is 11.6 Å². The van der Waals surface area contributed by atoms with E-state index in [0.29, 0.717) is 17.2 Å². The molecule has 32 heavy (non-hydrogen) atoms. The minimum atomic E-state index is -0.443. The molecule has 0 saturated heterocycles. The molecule has 2 aromatic carbocycles. The zero-order valence-electron chi connectivity index (χ0n) is 18.9. The Morgan fingerprint density at radius 3 is 2.59 bits per heavy atom. The predicted octanol–water partition coefficient (Wildman–Crippen LogP) is 5.21. The maximum absolute atomic E-state index is 13.2. The van der Waals surface area contributed by atoms with Crippen molar-refractivity contribution >= 4 is 44.4 Å². The molecule has 0 atom stereocenters. The second-order valence-electron chi connectivity index (χ2n) is 7.63. The molecule has 1 amide bonds. The number of nitro benzene ring substituents is 1. The van der Waals surface area contributed by atoms with Gasteiger partial charge < -0.3 is 4.90 Å². The molecular weight excluding hydrogens is 424 g/mol. The fourth-order valence-corrected chi connectivity index (χ4v) is 4.61. The maximum atomic E-state index is 13.2. The normalized spacial score (nSPS) is 11.5. The van der Waals surface area contributed by atoms with Crippen molar-refractivity contribution in [1.82, 2.24) is 9.88 Å². The molecule has 0 fully saturated rings. The number of likely N-dealkylation sites (N-methyl/N-ethyl adjacent to an activating group) is 1. The molecule has 0 aliphatic carbocycles. The van der Waals surface area contributed by atoms with Crippen molar-refractivity contribution in [3.8, 4) is 0 Å². The van der Waals surface area contributed by atoms with Gasteiger partial charge in [0.15, 0.2) is 5.13 Å². The Balaban J connectivity index is 1.91. The molecule has 0 saturated carbocycles. The van der Waals surface area contributed by atoms with Crippen LogP contribution >= 0.6 is 11.3 Å². The van der Waals surface area contributed by atoms with Gasteiger partial charge in [-0.25, -0.2) is 4.98 Å². The summed E-state index contributed by atoms with van der Waals surface area (Å²) < 4.78 is 1.08. The van der Waals surface area contributed by atoms with Crippen molar-refractivity contribution in [2.24, 2.45) is 0 Å². The molecule has 168 valence electrons. The van der Waals surface area contributed by atoms with Gasteiger partial charge in [0.2, 0.25) is 0 Å². The molecule has 0 unspecified atom stereocenters. The summed E-state index contributed by atoms with van der Waals surface area (Å²) in [4.78, 5) is 32.5. The molecule has 3 aromatic rings. The predicted molar refractivity (Wildman–Crippen MR) is 131 cm³/mol. The lowest BCUT2D eigenvalue weighted by Gasteiger charge is -2.23. The molecule has 8 heteroatoms. The molecule has 1 aromatic heterocycles. The number of aryl methyl sites for hydroxylation is 2. The van der Waals surface area contributed by atoms with Crippen LogP contribution in [0.15, 0.2) is 42.5 Å². The van der Waals surface area contributed by atoms with Gasteiger partial charge in [-0.1, -0.05) is 43.4 Å². The monoisotopic (exact) mass is 452 g/mol. The van der Waals surface area contributed by atoms with E-state index < -0.39 is 4.92 Å². The standard InChI is InChI=1S/C24H28N4O3S/c1-5-26(6-2)12-13-27(24-25-21-15-17(3)14-18(4)23(21)32-24)22(29)11-10-19-8-7-9-20(16-19)28(30)31/h7-11,14-16H,5-6,12-13H2,1-4H3. The number of fused-ring (bicyclic) bond motifs is 1. The fourth-order valence-electron chi connectivity index (χ4n) is 3.56. The SMILES string of the molecule is CCN(CC)CCN(C(=O)C=Cc1cccc([N+](=O)[O-])c1)c1nc2cc(C)cc(C)c2s1. The molecule has 0 radical (unpaired) electrons. The number of anilines is 1. The number of thiazole rings is 1. The molecule has 0 aliphatic rings. The van der Waals surface area contributed by atoms with Crippen LogP contribution in [-0.2, 0) is 4.79 Å². The number of non-ortho nitro benzene ring substituents is 1. The van der Waals surface area contributed by atoms with E-state index in [2.05, 4.69) is 31.7 Å². The second kappa shape index (κ2) is 10.5. The number of nitro groups is 1. The van der Waals surface area contributed by atoms with Crippen molar-refractivity contribution in [2.45, 2.75) is 27.7 Å². The third kappa shape index (κ3) is 5.57. The highest BCUT2D eigenvalue weighted by atomic mass is 32.1. The number of aromatic nitrogens is 1. The molecule has 0 spiro atoms. The molecule has 0 bridgehead atoms. The van der Waals surface area contributed by atoms with Crippen LogP contribution in [-0.4, -0.2) is 46.9 Å². The van der Waals surface area contributed by atoms with Crippen LogP contribution in [0.1, 0.15) is 30.5 Å². The van der Waals surface area contributed by atoms with E-state index in [9.17, 15) is 14.9 Å². The molecule has 0 N–H and O–H groups in total. The maximum Gasteiger partial charge on any atom is 0.270 e. The first-order chi connectivity index (χ1) is 15.3. The highest BCUT2D eigenvalue weighted by Gasteiger charge is 2.19. The molecular formula is C24H28N4O3S. The third-order valence-electron chi connectivity index (χ3n) is 5.34. The Kier molecular flexibility index (Phi) is 7.71. The number of amides is 1. The number of carbonyl (C=O) groups excluding carboxylic acids is 1. The number of hydrogen-bond acceptors (Lipinski definition) is 6. The summed E-state index contributed by atoms with van der Waals surface area (Å²) in [5.41, 5.74) is 3.78. The largest absolute Gasteiger partial charge is 0.302 e. The van der Waals surface area contributed by atoms with E-state index in [-0.39, 0.29) is 11.6 Å². The van der Waals surface area contributed by atoms with Crippen LogP contribution in [0.25, 0.3) is 16.3 Å². The Morgan fingerprint density at radius 2 is 1.91 bits per heavy atom. The van der Waals surface area contributed by atoms with Gasteiger partial charge in [-0.3, -0.25) is 19.8 Å². The van der Waals surface area contributed by atoms with Gasteiger partial charge in [0.05, 0.1) is 15.1 Å². The zero-order chi connectivity index (χ0) is 23.3. The smallest absolute Gasteiger partial charge is 0.270 e. The second-order valence-corrected chi connectivity index (χ2v) is 8.61. The van der Waals surface area contributed by atoms with Crippen molar-refractivity contribution in [2.75, 3.05) is 31.1 Å². The minimum Gasteiger partial charge on any atom is -0.302 e. The average molecular weight is 453 g/mol. The lowest BCUT2D eigenvalue weighted by Crippen LogP contribution is -2.38. The quantitative estimate of drug-likeness (QED) is 0.253. The van der Waals surface area contributed by atoms with Gasteiger partial charge in [-0.15, -0.1) is 0 Å². The Hall–Kier alpha value is -3.10. The number of benzene rings is 2. The Bertz CT molecular complexity index is 1150. The highest BCUT2D eigenvalue weighted by molar-refractivity contribution is 7.22. The van der Waals surface area contributed by atoms with Crippen LogP contribution in [0.5, 0.6) is 0 Å². The van der Waals surface area contributed by atoms with Gasteiger partial charge in [-0.05, 0) is 55.8 Å². The van der Waals surface area contributed by atoms with Gasteiger partial charge in [0, 0.05) is 31.3 Å². The van der Waals surface area contributed by atoms with Gasteiger partial charge >= 0.3 is 0 Å². The van der Waals surface area contributed by atoms with Crippen LogP contribution in [0.2, 0.25) is 0 Å². The molecule has 0 aliphatic heterocycles. The van der Waals surface area contributed by atoms with Gasteiger partial charge in [0.1, 0.15) is 0 Å². The summed E-state index contributed by atoms with van der Waals surface area (Å²) in [6, 6.07) is 10.4. The van der Waals surface area contributed by atoms with Crippen LogP contribution in [0.4, 0.5) is 10.8 Å². The lowest BCUT2D eigenvalue weighted by atomic mass is 10.1. The minimum absolute atomic E-state index is 0.00462. The first-order valence-electron chi connectivity index (χ1n) is 10.7. The molecule has 7 nitrogen and oxygen atoms in total. The van der Waals surface area contributed by atoms with E-state index in [0.717, 1.165) is 41.0 Å². The van der Waals surface area contributed by atoms with Crippen LogP contribution in [0, 0.1) is 24.0 Å². The average Bonchev–Trinajstić information content (AvgIpc) is 3.19. The first kappa shape index (κ1) is 23.6. The summed E-state index contributed by atoms with van der Waals surface area (Å²) in [7, 11) is 0.